The summed E-state index contributed by atoms with van der Waals surface area (Å²) in [5.74, 6) is 0.413. The van der Waals surface area contributed by atoms with Gasteiger partial charge in [0.2, 0.25) is 0 Å². The predicted molar refractivity (Wildman–Crippen MR) is 89.6 cm³/mol. The van der Waals surface area contributed by atoms with Crippen LogP contribution in [0.1, 0.15) is 25.3 Å². The van der Waals surface area contributed by atoms with Crippen molar-refractivity contribution in [3.05, 3.63) is 61.7 Å². The molecule has 2 aromatic carbocycles. The molecule has 0 spiro atoms. The quantitative estimate of drug-likeness (QED) is 0.457. The van der Waals surface area contributed by atoms with Crippen molar-refractivity contribution in [3.63, 3.8) is 0 Å². The summed E-state index contributed by atoms with van der Waals surface area (Å²) >= 11 is 1.98. The van der Waals surface area contributed by atoms with Crippen molar-refractivity contribution in [2.24, 2.45) is 0 Å². The van der Waals surface area contributed by atoms with E-state index in [1.165, 1.54) is 11.6 Å². The smallest absolute Gasteiger partial charge is 0.282 e. The van der Waals surface area contributed by atoms with E-state index in [0.717, 1.165) is 11.4 Å². The molecule has 5 heteroatoms. The summed E-state index contributed by atoms with van der Waals surface area (Å²) in [7, 11) is 0. The molecule has 0 bridgehead atoms. The molecule has 0 heterocycles. The standard InChI is InChI=1S/C15H15IN2O2/c1-10(2)12-5-3-4-6-14(12)17-11-7-8-15(18(19)20)13(16)9-11/h3-10,17H,1-2H3. The van der Waals surface area contributed by atoms with E-state index in [1.54, 1.807) is 12.1 Å². The van der Waals surface area contributed by atoms with Gasteiger partial charge in [-0.05, 0) is 52.3 Å². The summed E-state index contributed by atoms with van der Waals surface area (Å²) < 4.78 is 0.625. The minimum Gasteiger partial charge on any atom is -0.355 e. The molecule has 0 saturated carbocycles. The second-order valence-corrected chi connectivity index (χ2v) is 5.95. The first kappa shape index (κ1) is 14.8. The largest absolute Gasteiger partial charge is 0.355 e. The van der Waals surface area contributed by atoms with Crippen LogP contribution in [0, 0.1) is 13.7 Å². The first-order valence-electron chi connectivity index (χ1n) is 6.29. The summed E-state index contributed by atoms with van der Waals surface area (Å²) in [6, 6.07) is 13.1. The number of hydrogen-bond acceptors (Lipinski definition) is 3. The molecule has 0 aliphatic heterocycles. The van der Waals surface area contributed by atoms with Crippen LogP contribution in [-0.2, 0) is 0 Å². The molecule has 1 N–H and O–H groups in total. The molecule has 0 unspecified atom stereocenters. The monoisotopic (exact) mass is 382 g/mol. The zero-order valence-corrected chi connectivity index (χ0v) is 13.4. The molecule has 0 aromatic heterocycles. The van der Waals surface area contributed by atoms with Crippen molar-refractivity contribution < 1.29 is 4.92 Å². The minimum atomic E-state index is -0.367. The molecule has 2 rings (SSSR count). The van der Waals surface area contributed by atoms with E-state index in [9.17, 15) is 10.1 Å². The Balaban J connectivity index is 2.31. The average molecular weight is 382 g/mol. The van der Waals surface area contributed by atoms with Gasteiger partial charge in [-0.15, -0.1) is 0 Å². The van der Waals surface area contributed by atoms with Crippen LogP contribution in [0.2, 0.25) is 0 Å². The van der Waals surface area contributed by atoms with Crippen molar-refractivity contribution >= 4 is 39.7 Å². The van der Waals surface area contributed by atoms with Gasteiger partial charge in [0.05, 0.1) is 8.49 Å². The number of benzene rings is 2. The molecular formula is C15H15IN2O2. The Morgan fingerprint density at radius 3 is 2.50 bits per heavy atom. The number of nitrogens with zero attached hydrogens (tertiary/aromatic N) is 1. The SMILES string of the molecule is CC(C)c1ccccc1Nc1ccc([N+](=O)[O-])c(I)c1. The van der Waals surface area contributed by atoms with E-state index in [2.05, 4.69) is 25.2 Å². The van der Waals surface area contributed by atoms with Crippen LogP contribution in [0.25, 0.3) is 0 Å². The summed E-state index contributed by atoms with van der Waals surface area (Å²) in [4.78, 5) is 10.4. The third kappa shape index (κ3) is 3.27. The van der Waals surface area contributed by atoms with Crippen LogP contribution in [0.3, 0.4) is 0 Å². The lowest BCUT2D eigenvalue weighted by Gasteiger charge is -2.14. The fourth-order valence-electron chi connectivity index (χ4n) is 2.00. The van der Waals surface area contributed by atoms with Crippen molar-refractivity contribution in [2.75, 3.05) is 5.32 Å². The zero-order valence-electron chi connectivity index (χ0n) is 11.3. The summed E-state index contributed by atoms with van der Waals surface area (Å²) in [6.45, 7) is 4.28. The maximum atomic E-state index is 10.8. The fourth-order valence-corrected chi connectivity index (χ4v) is 2.71. The van der Waals surface area contributed by atoms with Gasteiger partial charge in [-0.2, -0.15) is 0 Å². The van der Waals surface area contributed by atoms with Gasteiger partial charge < -0.3 is 5.32 Å². The van der Waals surface area contributed by atoms with Crippen LogP contribution in [0.4, 0.5) is 17.1 Å². The molecule has 0 aliphatic rings. The van der Waals surface area contributed by atoms with Gasteiger partial charge in [0.15, 0.2) is 0 Å². The van der Waals surface area contributed by atoms with Crippen LogP contribution in [0.5, 0.6) is 0 Å². The van der Waals surface area contributed by atoms with E-state index in [0.29, 0.717) is 9.49 Å². The number of rotatable bonds is 4. The second kappa shape index (κ2) is 6.21. The van der Waals surface area contributed by atoms with Gasteiger partial charge in [-0.25, -0.2) is 0 Å². The van der Waals surface area contributed by atoms with Gasteiger partial charge in [0.1, 0.15) is 0 Å². The predicted octanol–water partition coefficient (Wildman–Crippen LogP) is 5.07. The van der Waals surface area contributed by atoms with Gasteiger partial charge in [0, 0.05) is 17.4 Å². The van der Waals surface area contributed by atoms with Crippen LogP contribution in [-0.4, -0.2) is 4.92 Å². The number of nitrogens with one attached hydrogen (secondary N) is 1. The molecule has 20 heavy (non-hydrogen) atoms. The molecule has 0 saturated heterocycles. The van der Waals surface area contributed by atoms with E-state index in [1.807, 2.05) is 40.8 Å². The molecule has 2 aromatic rings. The van der Waals surface area contributed by atoms with Gasteiger partial charge >= 0.3 is 0 Å². The molecule has 0 amide bonds. The Morgan fingerprint density at radius 2 is 1.90 bits per heavy atom. The summed E-state index contributed by atoms with van der Waals surface area (Å²) in [5, 5.41) is 14.1. The Bertz CT molecular complexity index is 642. The lowest BCUT2D eigenvalue weighted by molar-refractivity contribution is -0.385. The van der Waals surface area contributed by atoms with Crippen molar-refractivity contribution in [3.8, 4) is 0 Å². The minimum absolute atomic E-state index is 0.133. The van der Waals surface area contributed by atoms with Gasteiger partial charge in [-0.1, -0.05) is 32.0 Å². The Labute approximate surface area is 131 Å². The van der Waals surface area contributed by atoms with E-state index in [4.69, 9.17) is 0 Å². The van der Waals surface area contributed by atoms with Crippen molar-refractivity contribution in [2.45, 2.75) is 19.8 Å². The number of hydrogen-bond donors (Lipinski definition) is 1. The Morgan fingerprint density at radius 1 is 1.20 bits per heavy atom. The molecule has 0 atom stereocenters. The fraction of sp³-hybridized carbons (Fsp3) is 0.200. The molecule has 0 fully saturated rings. The maximum Gasteiger partial charge on any atom is 0.282 e. The summed E-state index contributed by atoms with van der Waals surface area (Å²) in [5.41, 5.74) is 3.24. The third-order valence-corrected chi connectivity index (χ3v) is 3.87. The number of para-hydroxylation sites is 1. The molecular weight excluding hydrogens is 367 g/mol. The number of nitro groups is 1. The average Bonchev–Trinajstić information content (AvgIpc) is 2.38. The topological polar surface area (TPSA) is 55.2 Å². The molecule has 104 valence electrons. The van der Waals surface area contributed by atoms with Crippen LogP contribution in [0.15, 0.2) is 42.5 Å². The van der Waals surface area contributed by atoms with Crippen LogP contribution >= 0.6 is 22.6 Å². The van der Waals surface area contributed by atoms with E-state index >= 15 is 0 Å². The van der Waals surface area contributed by atoms with Gasteiger partial charge in [0.25, 0.3) is 5.69 Å². The molecule has 0 aliphatic carbocycles. The van der Waals surface area contributed by atoms with Gasteiger partial charge in [-0.3, -0.25) is 10.1 Å². The first-order chi connectivity index (χ1) is 9.49. The normalized spacial score (nSPS) is 10.6. The molecule has 4 nitrogen and oxygen atoms in total. The Kier molecular flexibility index (Phi) is 4.59. The van der Waals surface area contributed by atoms with Crippen molar-refractivity contribution in [1.82, 2.24) is 0 Å². The number of halogens is 1. The highest BCUT2D eigenvalue weighted by atomic mass is 127. The maximum absolute atomic E-state index is 10.8. The zero-order chi connectivity index (χ0) is 14.7. The highest BCUT2D eigenvalue weighted by molar-refractivity contribution is 14.1. The second-order valence-electron chi connectivity index (χ2n) is 4.79. The highest BCUT2D eigenvalue weighted by Crippen LogP contribution is 2.29. The Hall–Kier alpha value is -1.63. The lowest BCUT2D eigenvalue weighted by atomic mass is 10.0. The summed E-state index contributed by atoms with van der Waals surface area (Å²) in [6.07, 6.45) is 0. The van der Waals surface area contributed by atoms with E-state index < -0.39 is 0 Å². The lowest BCUT2D eigenvalue weighted by Crippen LogP contribution is -1.99. The number of anilines is 2. The van der Waals surface area contributed by atoms with E-state index in [-0.39, 0.29) is 10.6 Å². The van der Waals surface area contributed by atoms with Crippen LogP contribution < -0.4 is 5.32 Å². The highest BCUT2D eigenvalue weighted by Gasteiger charge is 2.12. The molecule has 0 radical (unpaired) electrons. The van der Waals surface area contributed by atoms with Crippen molar-refractivity contribution in [1.29, 1.82) is 0 Å². The first-order valence-corrected chi connectivity index (χ1v) is 7.37. The third-order valence-electron chi connectivity index (χ3n) is 3.01. The number of nitro benzene ring substituents is 1.